The zero-order valence-corrected chi connectivity index (χ0v) is 25.6. The van der Waals surface area contributed by atoms with Gasteiger partial charge in [-0.2, -0.15) is 0 Å². The van der Waals surface area contributed by atoms with Crippen LogP contribution >= 0.6 is 0 Å². The summed E-state index contributed by atoms with van der Waals surface area (Å²) in [6, 6.07) is 5.23. The van der Waals surface area contributed by atoms with E-state index in [9.17, 15) is 22.8 Å². The first-order chi connectivity index (χ1) is 21.2. The summed E-state index contributed by atoms with van der Waals surface area (Å²) in [5.41, 5.74) is 0.0982. The Morgan fingerprint density at radius 3 is 2.32 bits per heavy atom. The predicted molar refractivity (Wildman–Crippen MR) is 163 cm³/mol. The van der Waals surface area contributed by atoms with Crippen LogP contribution in [0.5, 0.6) is 0 Å². The van der Waals surface area contributed by atoms with Crippen molar-refractivity contribution in [3.05, 3.63) is 53.2 Å². The number of piperazine rings is 1. The monoisotopic (exact) mass is 614 g/mol. The van der Waals surface area contributed by atoms with E-state index in [-0.39, 0.29) is 17.4 Å². The number of hydrogen-bond donors (Lipinski definition) is 1. The number of carbonyl (C=O) groups excluding carboxylic acids is 2. The number of anilines is 2. The molecule has 0 bridgehead atoms. The summed E-state index contributed by atoms with van der Waals surface area (Å²) in [7, 11) is 1.40. The van der Waals surface area contributed by atoms with Gasteiger partial charge in [0.2, 0.25) is 5.91 Å². The lowest BCUT2D eigenvalue weighted by Gasteiger charge is -2.35. The standard InChI is InChI=1S/C32H41F3N6O3/c1-21(23-11-10-12-24(30(23)33)31(34)35)37-32-25-19-27(36-20-26(25)38-22(2)39-32)40-15-17-41(18-16-40)28(42)13-8-6-4-5-7-9-14-29(43)44-3/h10-12,19-21,31H,4-9,13-18H2,1-3H3,(H,37,38,39)/t21-/m1/s1. The van der Waals surface area contributed by atoms with Gasteiger partial charge in [0.15, 0.2) is 0 Å². The van der Waals surface area contributed by atoms with Crippen LogP contribution in [-0.4, -0.2) is 65.0 Å². The third kappa shape index (κ3) is 8.57. The summed E-state index contributed by atoms with van der Waals surface area (Å²) < 4.78 is 46.0. The molecule has 1 aliphatic rings. The van der Waals surface area contributed by atoms with Crippen molar-refractivity contribution in [2.45, 2.75) is 77.7 Å². The van der Waals surface area contributed by atoms with Gasteiger partial charge in [-0.25, -0.2) is 28.1 Å². The summed E-state index contributed by atoms with van der Waals surface area (Å²) in [5.74, 6) is 0.732. The Kier molecular flexibility index (Phi) is 11.7. The third-order valence-corrected chi connectivity index (χ3v) is 8.00. The average Bonchev–Trinajstić information content (AvgIpc) is 3.01. The van der Waals surface area contributed by atoms with Gasteiger partial charge in [0.25, 0.3) is 6.43 Å². The van der Waals surface area contributed by atoms with Gasteiger partial charge in [0, 0.05) is 50.0 Å². The molecule has 1 fully saturated rings. The maximum atomic E-state index is 14.8. The first-order valence-corrected chi connectivity index (χ1v) is 15.2. The first kappa shape index (κ1) is 32.9. The minimum Gasteiger partial charge on any atom is -0.469 e. The molecule has 0 saturated carbocycles. The van der Waals surface area contributed by atoms with Crippen molar-refractivity contribution < 1.29 is 27.5 Å². The highest BCUT2D eigenvalue weighted by molar-refractivity contribution is 5.90. The van der Waals surface area contributed by atoms with Gasteiger partial charge in [-0.3, -0.25) is 9.59 Å². The lowest BCUT2D eigenvalue weighted by molar-refractivity contribution is -0.140. The van der Waals surface area contributed by atoms with Crippen molar-refractivity contribution in [2.24, 2.45) is 0 Å². The first-order valence-electron chi connectivity index (χ1n) is 15.2. The molecule has 4 rings (SSSR count). The molecule has 44 heavy (non-hydrogen) atoms. The molecule has 1 N–H and O–H groups in total. The second-order valence-electron chi connectivity index (χ2n) is 11.2. The largest absolute Gasteiger partial charge is 0.469 e. The fourth-order valence-electron chi connectivity index (χ4n) is 5.47. The van der Waals surface area contributed by atoms with Crippen LogP contribution in [0.2, 0.25) is 0 Å². The van der Waals surface area contributed by atoms with Crippen molar-refractivity contribution in [3.63, 3.8) is 0 Å². The Bertz CT molecular complexity index is 1430. The molecule has 1 amide bonds. The molecule has 0 radical (unpaired) electrons. The van der Waals surface area contributed by atoms with Gasteiger partial charge >= 0.3 is 5.97 Å². The van der Waals surface area contributed by atoms with Crippen molar-refractivity contribution >= 4 is 34.4 Å². The minimum atomic E-state index is -2.91. The van der Waals surface area contributed by atoms with Crippen LogP contribution in [0, 0.1) is 12.7 Å². The number of aromatic nitrogens is 3. The molecule has 2 aromatic heterocycles. The highest BCUT2D eigenvalue weighted by Crippen LogP contribution is 2.31. The van der Waals surface area contributed by atoms with Crippen LogP contribution < -0.4 is 10.2 Å². The average molecular weight is 615 g/mol. The number of nitrogens with zero attached hydrogens (tertiary/aromatic N) is 5. The van der Waals surface area contributed by atoms with E-state index in [1.165, 1.54) is 19.2 Å². The molecule has 0 unspecified atom stereocenters. The lowest BCUT2D eigenvalue weighted by atomic mass is 10.0. The molecule has 0 aliphatic carbocycles. The van der Waals surface area contributed by atoms with Gasteiger partial charge < -0.3 is 19.9 Å². The van der Waals surface area contributed by atoms with Crippen LogP contribution in [0.15, 0.2) is 30.5 Å². The molecule has 3 aromatic rings. The normalized spacial score (nSPS) is 14.2. The Balaban J connectivity index is 1.32. The second-order valence-corrected chi connectivity index (χ2v) is 11.2. The number of amides is 1. The van der Waals surface area contributed by atoms with Gasteiger partial charge in [0.1, 0.15) is 23.3 Å². The topological polar surface area (TPSA) is 101 Å². The molecule has 0 spiro atoms. The summed E-state index contributed by atoms with van der Waals surface area (Å²) in [6.45, 7) is 5.88. The van der Waals surface area contributed by atoms with E-state index in [4.69, 9.17) is 0 Å². The number of halogens is 3. The maximum absolute atomic E-state index is 14.8. The van der Waals surface area contributed by atoms with Crippen molar-refractivity contribution in [1.29, 1.82) is 0 Å². The van der Waals surface area contributed by atoms with Crippen LogP contribution in [0.25, 0.3) is 10.9 Å². The Morgan fingerprint density at radius 2 is 1.64 bits per heavy atom. The molecule has 12 heteroatoms. The van der Waals surface area contributed by atoms with Crippen LogP contribution in [-0.2, 0) is 14.3 Å². The van der Waals surface area contributed by atoms with Crippen LogP contribution in [0.1, 0.15) is 87.7 Å². The fraction of sp³-hybridized carbons (Fsp3) is 0.531. The van der Waals surface area contributed by atoms with E-state index < -0.39 is 23.8 Å². The number of unbranched alkanes of at least 4 members (excludes halogenated alkanes) is 5. The SMILES string of the molecule is COC(=O)CCCCCCCCC(=O)N1CCN(c2cc3c(N[C@H](C)c4cccc(C(F)F)c4F)nc(C)nc3cn2)CC1. The van der Waals surface area contributed by atoms with Gasteiger partial charge in [-0.1, -0.05) is 43.9 Å². The fourth-order valence-corrected chi connectivity index (χ4v) is 5.47. The summed E-state index contributed by atoms with van der Waals surface area (Å²) in [5, 5.41) is 3.87. The number of rotatable bonds is 14. The zero-order chi connectivity index (χ0) is 31.6. The Labute approximate surface area is 256 Å². The van der Waals surface area contributed by atoms with E-state index in [1.807, 2.05) is 11.0 Å². The van der Waals surface area contributed by atoms with Crippen molar-refractivity contribution in [2.75, 3.05) is 43.5 Å². The number of hydrogen-bond acceptors (Lipinski definition) is 8. The highest BCUT2D eigenvalue weighted by Gasteiger charge is 2.23. The number of esters is 1. The Morgan fingerprint density at radius 1 is 0.977 bits per heavy atom. The number of ether oxygens (including phenoxy) is 1. The van der Waals surface area contributed by atoms with Crippen molar-refractivity contribution in [1.82, 2.24) is 19.9 Å². The summed E-state index contributed by atoms with van der Waals surface area (Å²) in [6.07, 6.45) is 5.52. The quantitative estimate of drug-likeness (QED) is 0.162. The van der Waals surface area contributed by atoms with E-state index in [0.29, 0.717) is 67.4 Å². The number of pyridine rings is 1. The third-order valence-electron chi connectivity index (χ3n) is 8.00. The molecule has 1 atom stereocenters. The second kappa shape index (κ2) is 15.7. The molecule has 1 aromatic carbocycles. The van der Waals surface area contributed by atoms with E-state index >= 15 is 0 Å². The summed E-state index contributed by atoms with van der Waals surface area (Å²) >= 11 is 0. The summed E-state index contributed by atoms with van der Waals surface area (Å²) in [4.78, 5) is 41.6. The van der Waals surface area contributed by atoms with E-state index in [0.717, 1.165) is 44.6 Å². The van der Waals surface area contributed by atoms with E-state index in [2.05, 4.69) is 29.9 Å². The number of aryl methyl sites for hydroxylation is 1. The van der Waals surface area contributed by atoms with Crippen molar-refractivity contribution in [3.8, 4) is 0 Å². The molecule has 1 saturated heterocycles. The highest BCUT2D eigenvalue weighted by atomic mass is 19.3. The molecule has 238 valence electrons. The molecular weight excluding hydrogens is 573 g/mol. The number of methoxy groups -OCH3 is 1. The Hall–Kier alpha value is -3.96. The molecule has 9 nitrogen and oxygen atoms in total. The van der Waals surface area contributed by atoms with Gasteiger partial charge in [-0.15, -0.1) is 0 Å². The van der Waals surface area contributed by atoms with Gasteiger partial charge in [0.05, 0.1) is 30.4 Å². The minimum absolute atomic E-state index is 0.123. The number of benzene rings is 1. The number of carbonyl (C=O) groups is 2. The van der Waals surface area contributed by atoms with E-state index in [1.54, 1.807) is 20.0 Å². The number of alkyl halides is 2. The smallest absolute Gasteiger partial charge is 0.305 e. The van der Waals surface area contributed by atoms with Crippen LogP contribution in [0.3, 0.4) is 0 Å². The number of nitrogens with one attached hydrogen (secondary N) is 1. The van der Waals surface area contributed by atoms with Gasteiger partial charge in [-0.05, 0) is 32.8 Å². The van der Waals surface area contributed by atoms with Crippen LogP contribution in [0.4, 0.5) is 24.8 Å². The predicted octanol–water partition coefficient (Wildman–Crippen LogP) is 6.53. The molecule has 3 heterocycles. The molecule has 1 aliphatic heterocycles. The zero-order valence-electron chi connectivity index (χ0n) is 25.6. The maximum Gasteiger partial charge on any atom is 0.305 e. The molecular formula is C32H41F3N6O3. The number of fused-ring (bicyclic) bond motifs is 1. The lowest BCUT2D eigenvalue weighted by Crippen LogP contribution is -2.49.